The topological polar surface area (TPSA) is 137 Å². The molecule has 0 bridgehead atoms. The van der Waals surface area contributed by atoms with Crippen LogP contribution in [0.3, 0.4) is 0 Å². The molecule has 0 unspecified atom stereocenters. The molecule has 270 valence electrons. The molecule has 8 rings (SSSR count). The van der Waals surface area contributed by atoms with Crippen LogP contribution >= 0.6 is 0 Å². The quantitative estimate of drug-likeness (QED) is 0.0632. The van der Waals surface area contributed by atoms with Gasteiger partial charge in [0, 0.05) is 5.39 Å². The molecule has 5 aromatic rings. The SMILES string of the molecule is O=C1[C@@H]2[C@@H](CC(COc3ccccc3)=C3[C@@H](CC/C(=C/c4ccc(O)c5ccccc45)c4ccccc4)OB(O)C[C@@H]32)C(=O)N1c1cccc(B(O)O)c1. The predicted molar refractivity (Wildman–Crippen MR) is 210 cm³/mol. The lowest BCUT2D eigenvalue weighted by Crippen LogP contribution is -2.46. The number of hydrogen-bond acceptors (Lipinski definition) is 8. The van der Waals surface area contributed by atoms with Crippen LogP contribution in [0.5, 0.6) is 11.5 Å². The number of rotatable bonds is 10. The van der Waals surface area contributed by atoms with Gasteiger partial charge in [-0.15, -0.1) is 0 Å². The van der Waals surface area contributed by atoms with Gasteiger partial charge < -0.3 is 29.6 Å². The third kappa shape index (κ3) is 6.87. The number of ether oxygens (including phenoxy) is 1. The molecule has 4 atom stereocenters. The molecule has 11 heteroatoms. The number of nitrogens with zero attached hydrogens (tertiary/aromatic N) is 1. The fraction of sp³-hybridized carbons (Fsp3) is 0.209. The number of imide groups is 1. The Bertz CT molecular complexity index is 2260. The average Bonchev–Trinajstić information content (AvgIpc) is 3.45. The van der Waals surface area contributed by atoms with E-state index in [2.05, 4.69) is 18.2 Å². The summed E-state index contributed by atoms with van der Waals surface area (Å²) in [5.41, 5.74) is 5.22. The van der Waals surface area contributed by atoms with Crippen molar-refractivity contribution in [1.29, 1.82) is 0 Å². The summed E-state index contributed by atoms with van der Waals surface area (Å²) in [6, 6.07) is 37.0. The van der Waals surface area contributed by atoms with Crippen LogP contribution in [0.1, 0.15) is 30.4 Å². The highest BCUT2D eigenvalue weighted by molar-refractivity contribution is 6.58. The summed E-state index contributed by atoms with van der Waals surface area (Å²) in [5.74, 6) is -1.76. The second kappa shape index (κ2) is 15.1. The number of para-hydroxylation sites is 1. The van der Waals surface area contributed by atoms with Crippen LogP contribution in [0, 0.1) is 17.8 Å². The Kier molecular flexibility index (Phi) is 9.96. The first-order chi connectivity index (χ1) is 26.3. The monoisotopic (exact) mass is 719 g/mol. The predicted octanol–water partition coefficient (Wildman–Crippen LogP) is 5.63. The minimum Gasteiger partial charge on any atom is -0.507 e. The van der Waals surface area contributed by atoms with Crippen molar-refractivity contribution < 1.29 is 39.2 Å². The van der Waals surface area contributed by atoms with Crippen molar-refractivity contribution in [1.82, 2.24) is 0 Å². The number of allylic oxidation sites excluding steroid dienone is 1. The fourth-order valence-corrected chi connectivity index (χ4v) is 8.52. The molecule has 1 aliphatic carbocycles. The standard InChI is InChI=1S/C43H39B2NO8/c47-38-20-18-29(34-16-7-8-17-35(34)38)22-28(27-10-3-1-4-11-27)19-21-39-40-30(26-53-33-14-5-2-6-15-33)23-36-41(37(40)25-44(50)54-39)43(49)46(42(36)48)32-13-9-12-31(24-32)45(51)52/h1-18,20,22,24,36-37,39,41,47,50-52H,19,21,23,25-26H2/b28-22-/t36-,37+,39-,41-/m1/s1. The highest BCUT2D eigenvalue weighted by Crippen LogP contribution is 2.51. The Labute approximate surface area is 314 Å². The molecule has 2 heterocycles. The Balaban J connectivity index is 1.16. The van der Waals surface area contributed by atoms with Crippen molar-refractivity contribution in [3.8, 4) is 11.5 Å². The van der Waals surface area contributed by atoms with E-state index in [9.17, 15) is 29.8 Å². The van der Waals surface area contributed by atoms with Gasteiger partial charge in [0.05, 0.1) is 23.6 Å². The van der Waals surface area contributed by atoms with Gasteiger partial charge in [0.15, 0.2) is 0 Å². The van der Waals surface area contributed by atoms with Crippen molar-refractivity contribution in [3.63, 3.8) is 0 Å². The van der Waals surface area contributed by atoms with Gasteiger partial charge in [-0.05, 0) is 101 Å². The van der Waals surface area contributed by atoms with E-state index in [4.69, 9.17) is 9.39 Å². The zero-order chi connectivity index (χ0) is 37.3. The minimum atomic E-state index is -1.76. The highest BCUT2D eigenvalue weighted by atomic mass is 16.5. The van der Waals surface area contributed by atoms with Crippen molar-refractivity contribution in [2.45, 2.75) is 31.7 Å². The van der Waals surface area contributed by atoms with Crippen LogP contribution in [0.2, 0.25) is 6.32 Å². The Morgan fingerprint density at radius 1 is 0.852 bits per heavy atom. The zero-order valence-electron chi connectivity index (χ0n) is 29.5. The van der Waals surface area contributed by atoms with Crippen LogP contribution in [-0.4, -0.2) is 58.9 Å². The second-order valence-electron chi connectivity index (χ2n) is 14.2. The average molecular weight is 719 g/mol. The first kappa shape index (κ1) is 35.6. The maximum absolute atomic E-state index is 14.3. The molecule has 3 aliphatic rings. The van der Waals surface area contributed by atoms with Crippen LogP contribution in [0.15, 0.2) is 132 Å². The van der Waals surface area contributed by atoms with Crippen LogP contribution in [0.25, 0.3) is 22.4 Å². The lowest BCUT2D eigenvalue weighted by Gasteiger charge is -2.43. The number of anilines is 1. The Morgan fingerprint density at radius 3 is 2.33 bits per heavy atom. The summed E-state index contributed by atoms with van der Waals surface area (Å²) >= 11 is 0. The molecule has 2 amide bonds. The number of phenols is 1. The summed E-state index contributed by atoms with van der Waals surface area (Å²) in [6.45, 7) is 0.184. The van der Waals surface area contributed by atoms with E-state index in [1.165, 1.54) is 12.1 Å². The number of amides is 2. The van der Waals surface area contributed by atoms with Gasteiger partial charge in [0.25, 0.3) is 0 Å². The van der Waals surface area contributed by atoms with Crippen LogP contribution < -0.4 is 15.1 Å². The van der Waals surface area contributed by atoms with Crippen LogP contribution in [0.4, 0.5) is 5.69 Å². The van der Waals surface area contributed by atoms with Crippen LogP contribution in [-0.2, 0) is 14.2 Å². The summed E-state index contributed by atoms with van der Waals surface area (Å²) in [6.07, 6.45) is 3.03. The first-order valence-electron chi connectivity index (χ1n) is 18.3. The molecule has 2 fully saturated rings. The number of fused-ring (bicyclic) bond motifs is 4. The first-order valence-corrected chi connectivity index (χ1v) is 18.3. The lowest BCUT2D eigenvalue weighted by molar-refractivity contribution is -0.122. The number of hydrogen-bond donors (Lipinski definition) is 4. The number of carbonyl (C=O) groups excluding carboxylic acids is 2. The molecule has 54 heavy (non-hydrogen) atoms. The largest absolute Gasteiger partial charge is 0.507 e. The summed E-state index contributed by atoms with van der Waals surface area (Å²) in [5, 5.41) is 43.1. The van der Waals surface area contributed by atoms with Gasteiger partial charge in [0.2, 0.25) is 11.8 Å². The maximum Gasteiger partial charge on any atom is 0.488 e. The molecular formula is C43H39B2NO8. The summed E-state index contributed by atoms with van der Waals surface area (Å²) in [7, 11) is -2.92. The van der Waals surface area contributed by atoms with E-state index >= 15 is 0 Å². The third-order valence-corrected chi connectivity index (χ3v) is 11.0. The number of benzene rings is 5. The minimum absolute atomic E-state index is 0.144. The normalized spacial score (nSPS) is 21.4. The lowest BCUT2D eigenvalue weighted by atomic mass is 9.58. The van der Waals surface area contributed by atoms with Gasteiger partial charge in [-0.25, -0.2) is 0 Å². The van der Waals surface area contributed by atoms with Gasteiger partial charge in [-0.2, -0.15) is 0 Å². The van der Waals surface area contributed by atoms with Crippen molar-refractivity contribution in [2.24, 2.45) is 17.8 Å². The number of phenolic OH excluding ortho intramolecular Hbond substituents is 1. The Morgan fingerprint density at radius 2 is 1.57 bits per heavy atom. The molecular weight excluding hydrogens is 680 g/mol. The Hall–Kier alpha value is -5.45. The molecule has 0 saturated carbocycles. The third-order valence-electron chi connectivity index (χ3n) is 11.0. The zero-order valence-corrected chi connectivity index (χ0v) is 29.5. The summed E-state index contributed by atoms with van der Waals surface area (Å²) in [4.78, 5) is 29.7. The summed E-state index contributed by atoms with van der Waals surface area (Å²) < 4.78 is 12.6. The van der Waals surface area contributed by atoms with Crippen molar-refractivity contribution in [3.05, 3.63) is 144 Å². The molecule has 0 spiro atoms. The van der Waals surface area contributed by atoms with E-state index in [0.717, 1.165) is 43.5 Å². The van der Waals surface area contributed by atoms with Gasteiger partial charge in [0.1, 0.15) is 18.1 Å². The van der Waals surface area contributed by atoms with Gasteiger partial charge in [-0.3, -0.25) is 14.5 Å². The fourth-order valence-electron chi connectivity index (χ4n) is 8.52. The van der Waals surface area contributed by atoms with E-state index in [1.54, 1.807) is 18.2 Å². The maximum atomic E-state index is 14.3. The van der Waals surface area contributed by atoms with Crippen molar-refractivity contribution >= 4 is 59.6 Å². The molecule has 0 radical (unpaired) electrons. The molecule has 9 nitrogen and oxygen atoms in total. The van der Waals surface area contributed by atoms with E-state index in [1.807, 2.05) is 78.9 Å². The smallest absolute Gasteiger partial charge is 0.488 e. The van der Waals surface area contributed by atoms with E-state index in [0.29, 0.717) is 18.6 Å². The molecule has 2 aliphatic heterocycles. The highest BCUT2D eigenvalue weighted by Gasteiger charge is 2.57. The van der Waals surface area contributed by atoms with E-state index in [-0.39, 0.29) is 48.1 Å². The molecule has 4 N–H and O–H groups in total. The van der Waals surface area contributed by atoms with E-state index < -0.39 is 38.1 Å². The number of aromatic hydroxyl groups is 1. The van der Waals surface area contributed by atoms with Gasteiger partial charge >= 0.3 is 14.2 Å². The van der Waals surface area contributed by atoms with Gasteiger partial charge in [-0.1, -0.05) is 97.1 Å². The second-order valence-corrected chi connectivity index (χ2v) is 14.2. The molecule has 2 saturated heterocycles. The molecule has 0 aromatic heterocycles. The van der Waals surface area contributed by atoms with Crippen molar-refractivity contribution in [2.75, 3.05) is 11.5 Å². The number of carbonyl (C=O) groups is 2. The molecule has 5 aromatic carbocycles.